The summed E-state index contributed by atoms with van der Waals surface area (Å²) < 4.78 is 0. The number of nitrogens with zero attached hydrogens (tertiary/aromatic N) is 3. The molecule has 2 aromatic rings. The van der Waals surface area contributed by atoms with E-state index in [4.69, 9.17) is 11.6 Å². The predicted octanol–water partition coefficient (Wildman–Crippen LogP) is 3.10. The van der Waals surface area contributed by atoms with Gasteiger partial charge in [0.05, 0.1) is 0 Å². The molecule has 4 nitrogen and oxygen atoms in total. The van der Waals surface area contributed by atoms with Crippen molar-refractivity contribution >= 4 is 29.4 Å². The third-order valence-corrected chi connectivity index (χ3v) is 4.07. The number of rotatable bonds is 3. The second-order valence-corrected chi connectivity index (χ2v) is 5.83. The van der Waals surface area contributed by atoms with E-state index >= 15 is 0 Å². The van der Waals surface area contributed by atoms with Crippen LogP contribution in [0.3, 0.4) is 0 Å². The molecular weight excluding hydrogens is 310 g/mol. The summed E-state index contributed by atoms with van der Waals surface area (Å²) in [5.74, 6) is 1.000. The number of benzene rings is 1. The van der Waals surface area contributed by atoms with Gasteiger partial charge >= 0.3 is 0 Å². The molecule has 0 radical (unpaired) electrons. The lowest BCUT2D eigenvalue weighted by Crippen LogP contribution is -2.48. The molecule has 1 saturated heterocycles. The Labute approximate surface area is 141 Å². The summed E-state index contributed by atoms with van der Waals surface area (Å²) in [6.07, 6.45) is 5.21. The van der Waals surface area contributed by atoms with E-state index in [9.17, 15) is 4.79 Å². The highest BCUT2D eigenvalue weighted by molar-refractivity contribution is 6.30. The lowest BCUT2D eigenvalue weighted by molar-refractivity contribution is -0.126. The van der Waals surface area contributed by atoms with Gasteiger partial charge in [0.25, 0.3) is 0 Å². The van der Waals surface area contributed by atoms with Crippen LogP contribution in [-0.4, -0.2) is 42.0 Å². The number of hydrogen-bond donors (Lipinski definition) is 0. The number of pyridine rings is 1. The quantitative estimate of drug-likeness (QED) is 0.813. The number of carbonyl (C=O) groups excluding carboxylic acids is 1. The van der Waals surface area contributed by atoms with Crippen LogP contribution < -0.4 is 4.90 Å². The number of amides is 1. The molecule has 5 heteroatoms. The molecule has 0 saturated carbocycles. The Kier molecular flexibility index (Phi) is 4.93. The van der Waals surface area contributed by atoms with E-state index in [1.54, 1.807) is 18.3 Å². The summed E-state index contributed by atoms with van der Waals surface area (Å²) in [4.78, 5) is 20.7. The van der Waals surface area contributed by atoms with Crippen LogP contribution in [0.5, 0.6) is 0 Å². The molecule has 23 heavy (non-hydrogen) atoms. The Bertz CT molecular complexity index is 694. The molecule has 0 unspecified atom stereocenters. The molecule has 0 aliphatic carbocycles. The lowest BCUT2D eigenvalue weighted by Gasteiger charge is -2.34. The Morgan fingerprint density at radius 2 is 1.91 bits per heavy atom. The average molecular weight is 328 g/mol. The number of hydrogen-bond acceptors (Lipinski definition) is 3. The molecule has 0 spiro atoms. The standard InChI is InChI=1S/C18H18ClN3O/c19-16-5-3-4-15(14-16)7-8-18(23)22-12-10-21(11-13-22)17-6-1-2-9-20-17/h1-9,14H,10-13H2. The first-order valence-corrected chi connectivity index (χ1v) is 7.99. The van der Waals surface area contributed by atoms with Crippen molar-refractivity contribution in [2.24, 2.45) is 0 Å². The summed E-state index contributed by atoms with van der Waals surface area (Å²) in [6.45, 7) is 3.01. The van der Waals surface area contributed by atoms with Crippen LogP contribution in [0.25, 0.3) is 6.08 Å². The molecule has 0 atom stereocenters. The van der Waals surface area contributed by atoms with Crippen LogP contribution in [0.15, 0.2) is 54.7 Å². The van der Waals surface area contributed by atoms with Crippen LogP contribution in [0.4, 0.5) is 5.82 Å². The number of anilines is 1. The van der Waals surface area contributed by atoms with E-state index in [1.165, 1.54) is 0 Å². The topological polar surface area (TPSA) is 36.4 Å². The molecule has 0 N–H and O–H groups in total. The zero-order chi connectivity index (χ0) is 16.1. The van der Waals surface area contributed by atoms with E-state index in [1.807, 2.05) is 47.4 Å². The molecule has 1 aromatic carbocycles. The van der Waals surface area contributed by atoms with Crippen LogP contribution >= 0.6 is 11.6 Å². The zero-order valence-corrected chi connectivity index (χ0v) is 13.5. The van der Waals surface area contributed by atoms with Gasteiger partial charge in [0.15, 0.2) is 0 Å². The molecular formula is C18H18ClN3O. The Hall–Kier alpha value is -2.33. The van der Waals surface area contributed by atoms with Gasteiger partial charge in [0.2, 0.25) is 5.91 Å². The second-order valence-electron chi connectivity index (χ2n) is 5.39. The Morgan fingerprint density at radius 1 is 1.09 bits per heavy atom. The molecule has 1 aromatic heterocycles. The first-order valence-electron chi connectivity index (χ1n) is 7.61. The summed E-state index contributed by atoms with van der Waals surface area (Å²) in [5.41, 5.74) is 0.929. The van der Waals surface area contributed by atoms with Crippen molar-refractivity contribution in [1.82, 2.24) is 9.88 Å². The van der Waals surface area contributed by atoms with Gasteiger partial charge in [-0.3, -0.25) is 4.79 Å². The van der Waals surface area contributed by atoms with E-state index in [0.717, 1.165) is 24.5 Å². The third-order valence-electron chi connectivity index (χ3n) is 3.83. The normalized spacial score (nSPS) is 15.2. The fourth-order valence-corrected chi connectivity index (χ4v) is 2.78. The van der Waals surface area contributed by atoms with Crippen molar-refractivity contribution in [3.63, 3.8) is 0 Å². The van der Waals surface area contributed by atoms with Gasteiger partial charge in [-0.1, -0.05) is 29.8 Å². The largest absolute Gasteiger partial charge is 0.353 e. The van der Waals surface area contributed by atoms with Gasteiger partial charge in [0, 0.05) is 43.5 Å². The fourth-order valence-electron chi connectivity index (χ4n) is 2.58. The first kappa shape index (κ1) is 15.6. The summed E-state index contributed by atoms with van der Waals surface area (Å²) >= 11 is 5.94. The van der Waals surface area contributed by atoms with Gasteiger partial charge in [0.1, 0.15) is 5.82 Å². The minimum atomic E-state index is 0.0330. The average Bonchev–Trinajstić information content (AvgIpc) is 2.61. The lowest BCUT2D eigenvalue weighted by atomic mass is 10.2. The highest BCUT2D eigenvalue weighted by atomic mass is 35.5. The van der Waals surface area contributed by atoms with E-state index in [0.29, 0.717) is 18.1 Å². The minimum absolute atomic E-state index is 0.0330. The molecule has 3 rings (SSSR count). The molecule has 118 valence electrons. The minimum Gasteiger partial charge on any atom is -0.353 e. The van der Waals surface area contributed by atoms with Gasteiger partial charge in [-0.25, -0.2) is 4.98 Å². The third kappa shape index (κ3) is 4.11. The summed E-state index contributed by atoms with van der Waals surface area (Å²) in [6, 6.07) is 13.3. The Balaban J connectivity index is 1.56. The van der Waals surface area contributed by atoms with Crippen molar-refractivity contribution in [2.75, 3.05) is 31.1 Å². The number of aromatic nitrogens is 1. The van der Waals surface area contributed by atoms with Gasteiger partial charge < -0.3 is 9.80 Å². The monoisotopic (exact) mass is 327 g/mol. The number of piperazine rings is 1. The maximum absolute atomic E-state index is 12.3. The summed E-state index contributed by atoms with van der Waals surface area (Å²) in [5, 5.41) is 0.670. The van der Waals surface area contributed by atoms with Crippen LogP contribution in [-0.2, 0) is 4.79 Å². The van der Waals surface area contributed by atoms with Crippen LogP contribution in [0.2, 0.25) is 5.02 Å². The maximum atomic E-state index is 12.3. The molecule has 0 bridgehead atoms. The van der Waals surface area contributed by atoms with Crippen LogP contribution in [0, 0.1) is 0 Å². The summed E-state index contributed by atoms with van der Waals surface area (Å²) in [7, 11) is 0. The van der Waals surface area contributed by atoms with E-state index in [-0.39, 0.29) is 5.91 Å². The number of halogens is 1. The SMILES string of the molecule is O=C(C=Cc1cccc(Cl)c1)N1CCN(c2ccccn2)CC1. The molecule has 1 aliphatic heterocycles. The van der Waals surface area contributed by atoms with Crippen molar-refractivity contribution < 1.29 is 4.79 Å². The first-order chi connectivity index (χ1) is 11.2. The van der Waals surface area contributed by atoms with Crippen molar-refractivity contribution in [3.05, 3.63) is 65.3 Å². The van der Waals surface area contributed by atoms with Crippen molar-refractivity contribution in [2.45, 2.75) is 0 Å². The predicted molar refractivity (Wildman–Crippen MR) is 93.5 cm³/mol. The van der Waals surface area contributed by atoms with E-state index in [2.05, 4.69) is 9.88 Å². The van der Waals surface area contributed by atoms with Crippen LogP contribution in [0.1, 0.15) is 5.56 Å². The smallest absolute Gasteiger partial charge is 0.246 e. The zero-order valence-electron chi connectivity index (χ0n) is 12.7. The molecule has 1 amide bonds. The van der Waals surface area contributed by atoms with Gasteiger partial charge in [-0.2, -0.15) is 0 Å². The second kappa shape index (κ2) is 7.29. The van der Waals surface area contributed by atoms with Crippen molar-refractivity contribution in [1.29, 1.82) is 0 Å². The fraction of sp³-hybridized carbons (Fsp3) is 0.222. The van der Waals surface area contributed by atoms with Crippen molar-refractivity contribution in [3.8, 4) is 0 Å². The highest BCUT2D eigenvalue weighted by Gasteiger charge is 2.20. The number of carbonyl (C=O) groups is 1. The molecule has 1 fully saturated rings. The highest BCUT2D eigenvalue weighted by Crippen LogP contribution is 2.14. The molecule has 1 aliphatic rings. The van der Waals surface area contributed by atoms with E-state index < -0.39 is 0 Å². The maximum Gasteiger partial charge on any atom is 0.246 e. The van der Waals surface area contributed by atoms with Gasteiger partial charge in [-0.05, 0) is 35.9 Å². The Morgan fingerprint density at radius 3 is 2.61 bits per heavy atom. The molecule has 2 heterocycles. The van der Waals surface area contributed by atoms with Gasteiger partial charge in [-0.15, -0.1) is 0 Å².